The summed E-state index contributed by atoms with van der Waals surface area (Å²) in [4.78, 5) is 17.4. The first-order chi connectivity index (χ1) is 14.0. The lowest BCUT2D eigenvalue weighted by molar-refractivity contribution is -0.0503. The zero-order chi connectivity index (χ0) is 20.6. The van der Waals surface area contributed by atoms with Gasteiger partial charge in [-0.15, -0.1) is 0 Å². The average molecular weight is 402 g/mol. The summed E-state index contributed by atoms with van der Waals surface area (Å²) >= 11 is 0. The summed E-state index contributed by atoms with van der Waals surface area (Å²) in [7, 11) is 2.10. The van der Waals surface area contributed by atoms with Crippen LogP contribution in [0.25, 0.3) is 0 Å². The van der Waals surface area contributed by atoms with Crippen molar-refractivity contribution in [3.63, 3.8) is 0 Å². The smallest absolute Gasteiger partial charge is 0.387 e. The summed E-state index contributed by atoms with van der Waals surface area (Å²) in [6.07, 6.45) is 2.78. The Morgan fingerprint density at radius 3 is 2.45 bits per heavy atom. The van der Waals surface area contributed by atoms with Gasteiger partial charge >= 0.3 is 6.61 Å². The van der Waals surface area contributed by atoms with E-state index >= 15 is 0 Å². The lowest BCUT2D eigenvalue weighted by atomic mass is 9.96. The Kier molecular flexibility index (Phi) is 7.58. The van der Waals surface area contributed by atoms with Crippen LogP contribution in [0.2, 0.25) is 0 Å². The minimum atomic E-state index is -2.96. The number of piperidine rings is 1. The standard InChI is InChI=1S/C23H28F2N2O2/c1-26-14-11-19(12-15-26)17-27(16-13-18-7-3-2-4-8-18)22(28)20-9-5-6-10-21(20)29-23(24)25/h2-10,19,23H,11-17H2,1H3. The Balaban J connectivity index is 1.76. The zero-order valence-corrected chi connectivity index (χ0v) is 16.8. The molecular formula is C23H28F2N2O2. The lowest BCUT2D eigenvalue weighted by Crippen LogP contribution is -2.41. The predicted molar refractivity (Wildman–Crippen MR) is 109 cm³/mol. The second kappa shape index (κ2) is 10.3. The van der Waals surface area contributed by atoms with E-state index in [2.05, 4.69) is 16.7 Å². The van der Waals surface area contributed by atoms with Gasteiger partial charge in [0.2, 0.25) is 0 Å². The molecule has 1 amide bonds. The van der Waals surface area contributed by atoms with E-state index in [1.54, 1.807) is 23.1 Å². The fourth-order valence-corrected chi connectivity index (χ4v) is 3.75. The molecule has 2 aromatic rings. The van der Waals surface area contributed by atoms with Crippen molar-refractivity contribution in [2.24, 2.45) is 5.92 Å². The van der Waals surface area contributed by atoms with E-state index in [0.29, 0.717) is 19.0 Å². The number of benzene rings is 2. The molecule has 4 nitrogen and oxygen atoms in total. The van der Waals surface area contributed by atoms with Gasteiger partial charge in [0.05, 0.1) is 5.56 Å². The lowest BCUT2D eigenvalue weighted by Gasteiger charge is -2.33. The fraction of sp³-hybridized carbons (Fsp3) is 0.435. The number of rotatable bonds is 8. The molecular weight excluding hydrogens is 374 g/mol. The molecule has 0 unspecified atom stereocenters. The number of para-hydroxylation sites is 1. The van der Waals surface area contributed by atoms with Gasteiger partial charge in [0.15, 0.2) is 0 Å². The number of halogens is 2. The van der Waals surface area contributed by atoms with Crippen molar-refractivity contribution in [2.45, 2.75) is 25.9 Å². The maximum Gasteiger partial charge on any atom is 0.387 e. The van der Waals surface area contributed by atoms with Crippen molar-refractivity contribution in [2.75, 3.05) is 33.2 Å². The summed E-state index contributed by atoms with van der Waals surface area (Å²) in [6, 6.07) is 16.2. The average Bonchev–Trinajstić information content (AvgIpc) is 2.73. The summed E-state index contributed by atoms with van der Waals surface area (Å²) in [5, 5.41) is 0. The number of alkyl halides is 2. The van der Waals surface area contributed by atoms with Gasteiger partial charge in [0.1, 0.15) is 5.75 Å². The monoisotopic (exact) mass is 402 g/mol. The molecule has 1 aliphatic heterocycles. The molecule has 0 atom stereocenters. The van der Waals surface area contributed by atoms with Crippen molar-refractivity contribution in [1.29, 1.82) is 0 Å². The molecule has 0 aromatic heterocycles. The van der Waals surface area contributed by atoms with Crippen LogP contribution in [0.15, 0.2) is 54.6 Å². The molecule has 0 bridgehead atoms. The van der Waals surface area contributed by atoms with Gasteiger partial charge in [-0.05, 0) is 63.0 Å². The van der Waals surface area contributed by atoms with E-state index in [1.165, 1.54) is 6.07 Å². The van der Waals surface area contributed by atoms with Gasteiger partial charge in [0.25, 0.3) is 5.91 Å². The Labute approximate surface area is 171 Å². The maximum absolute atomic E-state index is 13.3. The molecule has 0 saturated carbocycles. The number of likely N-dealkylation sites (tertiary alicyclic amines) is 1. The van der Waals surface area contributed by atoms with Gasteiger partial charge < -0.3 is 14.5 Å². The second-order valence-electron chi connectivity index (χ2n) is 7.61. The van der Waals surface area contributed by atoms with Crippen LogP contribution in [0.5, 0.6) is 5.75 Å². The molecule has 1 saturated heterocycles. The fourth-order valence-electron chi connectivity index (χ4n) is 3.75. The van der Waals surface area contributed by atoms with E-state index in [9.17, 15) is 13.6 Å². The highest BCUT2D eigenvalue weighted by Gasteiger charge is 2.25. The van der Waals surface area contributed by atoms with Crippen LogP contribution < -0.4 is 4.74 Å². The summed E-state index contributed by atoms with van der Waals surface area (Å²) in [5.74, 6) is 0.0887. The molecule has 1 heterocycles. The molecule has 0 radical (unpaired) electrons. The SMILES string of the molecule is CN1CCC(CN(CCc2ccccc2)C(=O)c2ccccc2OC(F)F)CC1. The van der Waals surface area contributed by atoms with Gasteiger partial charge in [0, 0.05) is 13.1 Å². The molecule has 1 fully saturated rings. The molecule has 3 rings (SSSR count). The first-order valence-electron chi connectivity index (χ1n) is 10.1. The van der Waals surface area contributed by atoms with E-state index < -0.39 is 6.61 Å². The van der Waals surface area contributed by atoms with Crippen molar-refractivity contribution < 1.29 is 18.3 Å². The second-order valence-corrected chi connectivity index (χ2v) is 7.61. The normalized spacial score (nSPS) is 15.4. The van der Waals surface area contributed by atoms with Gasteiger partial charge in [-0.1, -0.05) is 42.5 Å². The minimum absolute atomic E-state index is 0.0689. The molecule has 2 aromatic carbocycles. The number of hydrogen-bond acceptors (Lipinski definition) is 3. The molecule has 0 aliphatic carbocycles. The highest BCUT2D eigenvalue weighted by molar-refractivity contribution is 5.97. The van der Waals surface area contributed by atoms with Crippen LogP contribution in [0, 0.1) is 5.92 Å². The van der Waals surface area contributed by atoms with Crippen LogP contribution in [-0.4, -0.2) is 55.5 Å². The third-order valence-corrected chi connectivity index (χ3v) is 5.45. The molecule has 1 aliphatic rings. The predicted octanol–water partition coefficient (Wildman–Crippen LogP) is 4.31. The first kappa shape index (κ1) is 21.2. The van der Waals surface area contributed by atoms with E-state index in [-0.39, 0.29) is 17.2 Å². The van der Waals surface area contributed by atoms with Crippen molar-refractivity contribution in [1.82, 2.24) is 9.80 Å². The topological polar surface area (TPSA) is 32.8 Å². The quantitative estimate of drug-likeness (QED) is 0.660. The number of carbonyl (C=O) groups excluding carboxylic acids is 1. The van der Waals surface area contributed by atoms with Crippen LogP contribution >= 0.6 is 0 Å². The number of carbonyl (C=O) groups is 1. The molecule has 0 spiro atoms. The Morgan fingerprint density at radius 2 is 1.76 bits per heavy atom. The van der Waals surface area contributed by atoms with E-state index in [0.717, 1.165) is 37.9 Å². The van der Waals surface area contributed by atoms with Crippen molar-refractivity contribution >= 4 is 5.91 Å². The minimum Gasteiger partial charge on any atom is -0.434 e. The first-order valence-corrected chi connectivity index (χ1v) is 10.1. The Morgan fingerprint density at radius 1 is 1.10 bits per heavy atom. The maximum atomic E-state index is 13.3. The number of amides is 1. The van der Waals surface area contributed by atoms with E-state index in [1.807, 2.05) is 30.3 Å². The number of hydrogen-bond donors (Lipinski definition) is 0. The van der Waals surface area contributed by atoms with Crippen molar-refractivity contribution in [3.05, 3.63) is 65.7 Å². The summed E-state index contributed by atoms with van der Waals surface area (Å²) in [5.41, 5.74) is 1.33. The van der Waals surface area contributed by atoms with Gasteiger partial charge in [-0.25, -0.2) is 0 Å². The zero-order valence-electron chi connectivity index (χ0n) is 16.8. The molecule has 156 valence electrons. The number of ether oxygens (including phenoxy) is 1. The molecule has 6 heteroatoms. The third-order valence-electron chi connectivity index (χ3n) is 5.45. The highest BCUT2D eigenvalue weighted by atomic mass is 19.3. The van der Waals surface area contributed by atoms with Crippen LogP contribution in [0.4, 0.5) is 8.78 Å². The molecule has 0 N–H and O–H groups in total. The molecule has 29 heavy (non-hydrogen) atoms. The van der Waals surface area contributed by atoms with Gasteiger partial charge in [-0.3, -0.25) is 4.79 Å². The highest BCUT2D eigenvalue weighted by Crippen LogP contribution is 2.24. The van der Waals surface area contributed by atoms with Crippen LogP contribution in [-0.2, 0) is 6.42 Å². The summed E-state index contributed by atoms with van der Waals surface area (Å²) < 4.78 is 30.2. The van der Waals surface area contributed by atoms with Crippen LogP contribution in [0.3, 0.4) is 0 Å². The van der Waals surface area contributed by atoms with Crippen LogP contribution in [0.1, 0.15) is 28.8 Å². The Hall–Kier alpha value is -2.47. The Bertz CT molecular complexity index is 777. The van der Waals surface area contributed by atoms with Gasteiger partial charge in [-0.2, -0.15) is 8.78 Å². The van der Waals surface area contributed by atoms with Crippen molar-refractivity contribution in [3.8, 4) is 5.75 Å². The third kappa shape index (κ3) is 6.26. The van der Waals surface area contributed by atoms with E-state index in [4.69, 9.17) is 0 Å². The summed E-state index contributed by atoms with van der Waals surface area (Å²) in [6.45, 7) is 0.226. The number of nitrogens with zero attached hydrogens (tertiary/aromatic N) is 2. The largest absolute Gasteiger partial charge is 0.434 e.